The van der Waals surface area contributed by atoms with Crippen molar-refractivity contribution in [2.45, 2.75) is 26.6 Å². The molecule has 0 spiro atoms. The van der Waals surface area contributed by atoms with Crippen LogP contribution in [0.1, 0.15) is 23.6 Å². The number of nitrogens with zero attached hydrogens (tertiary/aromatic N) is 4. The highest BCUT2D eigenvalue weighted by molar-refractivity contribution is 5.99. The molecule has 0 saturated carbocycles. The van der Waals surface area contributed by atoms with Gasteiger partial charge >= 0.3 is 0 Å². The van der Waals surface area contributed by atoms with Crippen LogP contribution >= 0.6 is 0 Å². The maximum absolute atomic E-state index is 4.66. The number of hydrogen-bond donors (Lipinski definition) is 0. The Hall–Kier alpha value is -2.49. The van der Waals surface area contributed by atoms with Gasteiger partial charge in [-0.3, -0.25) is 5.01 Å². The van der Waals surface area contributed by atoms with Gasteiger partial charge in [-0.05, 0) is 25.0 Å². The molecule has 0 N–H and O–H groups in total. The molecule has 3 rings (SSSR count). The molecule has 0 aliphatic carbocycles. The molecule has 1 atom stereocenters. The number of amidine groups is 1. The number of benzene rings is 2. The van der Waals surface area contributed by atoms with Crippen LogP contribution in [-0.4, -0.2) is 17.0 Å². The Bertz CT molecular complexity index is 676. The average molecular weight is 278 g/mol. The van der Waals surface area contributed by atoms with E-state index in [1.807, 2.05) is 42.3 Å². The highest BCUT2D eigenvalue weighted by atomic mass is 15.6. The van der Waals surface area contributed by atoms with E-state index < -0.39 is 0 Å². The van der Waals surface area contributed by atoms with E-state index in [1.165, 1.54) is 11.1 Å². The summed E-state index contributed by atoms with van der Waals surface area (Å²) in [4.78, 5) is 0. The molecule has 0 bridgehead atoms. The Morgan fingerprint density at radius 2 is 1.71 bits per heavy atom. The smallest absolute Gasteiger partial charge is 0.200 e. The van der Waals surface area contributed by atoms with Crippen molar-refractivity contribution >= 4 is 5.84 Å². The molecule has 4 nitrogen and oxygen atoms in total. The molecule has 1 aliphatic rings. The second-order valence-electron chi connectivity index (χ2n) is 5.16. The fourth-order valence-corrected chi connectivity index (χ4v) is 2.26. The molecular weight excluding hydrogens is 260 g/mol. The highest BCUT2D eigenvalue weighted by Crippen LogP contribution is 2.18. The summed E-state index contributed by atoms with van der Waals surface area (Å²) in [6, 6.07) is 18.3. The third-order valence-electron chi connectivity index (χ3n) is 3.60. The second-order valence-corrected chi connectivity index (χ2v) is 5.16. The first-order valence-corrected chi connectivity index (χ1v) is 7.10. The summed E-state index contributed by atoms with van der Waals surface area (Å²) in [6.07, 6.45) is -0.0444. The SMILES string of the molecule is Cc1ccccc1CN1N=C(c2ccccc2)N=NC1C. The number of aryl methyl sites for hydroxylation is 1. The molecule has 0 amide bonds. The molecule has 0 fully saturated rings. The van der Waals surface area contributed by atoms with Crippen LogP contribution in [0.3, 0.4) is 0 Å². The number of azo groups is 1. The lowest BCUT2D eigenvalue weighted by atomic mass is 10.1. The zero-order valence-electron chi connectivity index (χ0n) is 12.3. The monoisotopic (exact) mass is 278 g/mol. The average Bonchev–Trinajstić information content (AvgIpc) is 2.52. The van der Waals surface area contributed by atoms with E-state index in [9.17, 15) is 0 Å². The van der Waals surface area contributed by atoms with E-state index in [2.05, 4.69) is 46.5 Å². The van der Waals surface area contributed by atoms with Crippen molar-refractivity contribution in [3.63, 3.8) is 0 Å². The molecule has 21 heavy (non-hydrogen) atoms. The predicted octanol–water partition coefficient (Wildman–Crippen LogP) is 3.97. The first kappa shape index (κ1) is 13.5. The van der Waals surface area contributed by atoms with Gasteiger partial charge in [0.15, 0.2) is 6.17 Å². The van der Waals surface area contributed by atoms with Crippen molar-refractivity contribution in [3.05, 3.63) is 71.3 Å². The van der Waals surface area contributed by atoms with Crippen LogP contribution in [0.25, 0.3) is 0 Å². The Labute approximate surface area is 124 Å². The molecular formula is C17H18N4. The summed E-state index contributed by atoms with van der Waals surface area (Å²) in [5.74, 6) is 0.669. The van der Waals surface area contributed by atoms with E-state index in [0.29, 0.717) is 5.84 Å². The molecule has 1 unspecified atom stereocenters. The Kier molecular flexibility index (Phi) is 3.77. The van der Waals surface area contributed by atoms with Gasteiger partial charge in [0.1, 0.15) is 0 Å². The summed E-state index contributed by atoms with van der Waals surface area (Å²) >= 11 is 0. The van der Waals surface area contributed by atoms with E-state index in [-0.39, 0.29) is 6.17 Å². The van der Waals surface area contributed by atoms with Crippen molar-refractivity contribution < 1.29 is 0 Å². The molecule has 2 aromatic carbocycles. The fourth-order valence-electron chi connectivity index (χ4n) is 2.26. The molecule has 106 valence electrons. The fraction of sp³-hybridized carbons (Fsp3) is 0.235. The van der Waals surface area contributed by atoms with Gasteiger partial charge < -0.3 is 0 Å². The van der Waals surface area contributed by atoms with Crippen LogP contribution in [0.15, 0.2) is 69.9 Å². The van der Waals surface area contributed by atoms with Gasteiger partial charge in [-0.15, -0.1) is 5.11 Å². The van der Waals surface area contributed by atoms with Crippen molar-refractivity contribution in [1.82, 2.24) is 5.01 Å². The minimum atomic E-state index is -0.0444. The summed E-state index contributed by atoms with van der Waals surface area (Å²) < 4.78 is 0. The zero-order valence-corrected chi connectivity index (χ0v) is 12.3. The van der Waals surface area contributed by atoms with Crippen molar-refractivity contribution in [3.8, 4) is 0 Å². The third-order valence-corrected chi connectivity index (χ3v) is 3.60. The Morgan fingerprint density at radius 3 is 2.48 bits per heavy atom. The maximum atomic E-state index is 4.66. The predicted molar refractivity (Wildman–Crippen MR) is 84.0 cm³/mol. The molecule has 0 saturated heterocycles. The number of rotatable bonds is 3. The lowest BCUT2D eigenvalue weighted by Crippen LogP contribution is -2.30. The van der Waals surface area contributed by atoms with Gasteiger partial charge in [-0.1, -0.05) is 54.6 Å². The number of hydrazone groups is 1. The largest absolute Gasteiger partial charge is 0.265 e. The zero-order chi connectivity index (χ0) is 14.7. The quantitative estimate of drug-likeness (QED) is 0.837. The first-order chi connectivity index (χ1) is 10.2. The van der Waals surface area contributed by atoms with Gasteiger partial charge in [0.25, 0.3) is 0 Å². The normalized spacial score (nSPS) is 17.7. The van der Waals surface area contributed by atoms with Crippen LogP contribution in [-0.2, 0) is 6.54 Å². The van der Waals surface area contributed by atoms with Gasteiger partial charge in [-0.2, -0.15) is 10.2 Å². The molecule has 0 radical (unpaired) electrons. The lowest BCUT2D eigenvalue weighted by molar-refractivity contribution is 0.201. The highest BCUT2D eigenvalue weighted by Gasteiger charge is 2.18. The van der Waals surface area contributed by atoms with Crippen molar-refractivity contribution in [1.29, 1.82) is 0 Å². The van der Waals surface area contributed by atoms with E-state index in [0.717, 1.165) is 12.1 Å². The second kappa shape index (κ2) is 5.87. The Balaban J connectivity index is 1.86. The Morgan fingerprint density at radius 1 is 1.00 bits per heavy atom. The molecule has 4 heteroatoms. The van der Waals surface area contributed by atoms with Crippen LogP contribution < -0.4 is 0 Å². The van der Waals surface area contributed by atoms with Gasteiger partial charge in [-0.25, -0.2) is 0 Å². The maximum Gasteiger partial charge on any atom is 0.200 e. The van der Waals surface area contributed by atoms with Crippen LogP contribution in [0.4, 0.5) is 0 Å². The first-order valence-electron chi connectivity index (χ1n) is 7.10. The minimum Gasteiger partial charge on any atom is -0.265 e. The molecule has 0 aromatic heterocycles. The van der Waals surface area contributed by atoms with Gasteiger partial charge in [0.05, 0.1) is 6.54 Å². The minimum absolute atomic E-state index is 0.0444. The van der Waals surface area contributed by atoms with Crippen molar-refractivity contribution in [2.24, 2.45) is 15.3 Å². The summed E-state index contributed by atoms with van der Waals surface area (Å²) in [6.45, 7) is 4.86. The summed E-state index contributed by atoms with van der Waals surface area (Å²) in [5.41, 5.74) is 3.52. The summed E-state index contributed by atoms with van der Waals surface area (Å²) in [5, 5.41) is 15.2. The molecule has 2 aromatic rings. The van der Waals surface area contributed by atoms with E-state index in [4.69, 9.17) is 0 Å². The van der Waals surface area contributed by atoms with Crippen LogP contribution in [0, 0.1) is 6.92 Å². The lowest BCUT2D eigenvalue weighted by Gasteiger charge is -2.26. The standard InChI is InChI=1S/C17H18N4/c1-13-8-6-7-11-16(13)12-21-14(2)18-19-17(20-21)15-9-4-3-5-10-15/h3-11,14H,12H2,1-2H3. The third kappa shape index (κ3) is 2.99. The topological polar surface area (TPSA) is 40.3 Å². The molecule has 1 heterocycles. The van der Waals surface area contributed by atoms with Gasteiger partial charge in [0.2, 0.25) is 5.84 Å². The van der Waals surface area contributed by atoms with Crippen LogP contribution in [0.2, 0.25) is 0 Å². The van der Waals surface area contributed by atoms with E-state index in [1.54, 1.807) is 0 Å². The summed E-state index contributed by atoms with van der Waals surface area (Å²) in [7, 11) is 0. The number of hydrogen-bond acceptors (Lipinski definition) is 4. The van der Waals surface area contributed by atoms with Crippen LogP contribution in [0.5, 0.6) is 0 Å². The van der Waals surface area contributed by atoms with Gasteiger partial charge in [0, 0.05) is 5.56 Å². The van der Waals surface area contributed by atoms with Crippen molar-refractivity contribution in [2.75, 3.05) is 0 Å². The van der Waals surface area contributed by atoms with E-state index >= 15 is 0 Å². The molecule has 1 aliphatic heterocycles.